The van der Waals surface area contributed by atoms with Crippen molar-refractivity contribution in [3.05, 3.63) is 40.9 Å². The molecule has 0 aromatic heterocycles. The second-order valence-electron chi connectivity index (χ2n) is 4.26. The van der Waals surface area contributed by atoms with E-state index in [2.05, 4.69) is 27.8 Å². The number of nitrogens with one attached hydrogen (secondary N) is 1. The van der Waals surface area contributed by atoms with E-state index >= 15 is 0 Å². The maximum Gasteiger partial charge on any atom is 0.261 e. The fourth-order valence-electron chi connectivity index (χ4n) is 1.54. The lowest BCUT2D eigenvalue weighted by atomic mass is 10.1. The summed E-state index contributed by atoms with van der Waals surface area (Å²) in [6.45, 7) is 7.54. The monoisotopic (exact) mass is 326 g/mol. The summed E-state index contributed by atoms with van der Waals surface area (Å²) in [6.07, 6.45) is 1.04. The summed E-state index contributed by atoms with van der Waals surface area (Å²) in [4.78, 5) is 11.7. The van der Waals surface area contributed by atoms with Crippen LogP contribution in [0.3, 0.4) is 0 Å². The average Bonchev–Trinajstić information content (AvgIpc) is 2.37. The molecule has 1 aromatic carbocycles. The molecule has 2 atom stereocenters. The van der Waals surface area contributed by atoms with E-state index in [9.17, 15) is 4.79 Å². The normalized spacial score (nSPS) is 13.5. The van der Waals surface area contributed by atoms with Gasteiger partial charge in [0, 0.05) is 22.6 Å². The van der Waals surface area contributed by atoms with Crippen molar-refractivity contribution in [2.75, 3.05) is 6.54 Å². The third-order valence-corrected chi connectivity index (χ3v) is 3.05. The second-order valence-corrected chi connectivity index (χ2v) is 5.18. The van der Waals surface area contributed by atoms with Gasteiger partial charge in [0.15, 0.2) is 6.10 Å². The molecule has 0 aliphatic rings. The van der Waals surface area contributed by atoms with E-state index < -0.39 is 6.10 Å². The van der Waals surface area contributed by atoms with Crippen molar-refractivity contribution in [3.63, 3.8) is 0 Å². The standard InChI is InChI=1S/C14H19BrN2O2/c1-4-7-17-14(18)10(3)19-13-6-5-11(15)8-12(13)9(2)16/h4-6,8-10H,1,7,16H2,2-3H3,(H,17,18)/t9-,10?/m1/s1. The smallest absolute Gasteiger partial charge is 0.261 e. The maximum atomic E-state index is 11.7. The van der Waals surface area contributed by atoms with Crippen molar-refractivity contribution >= 4 is 21.8 Å². The van der Waals surface area contributed by atoms with E-state index in [4.69, 9.17) is 10.5 Å². The van der Waals surface area contributed by atoms with Crippen LogP contribution >= 0.6 is 15.9 Å². The van der Waals surface area contributed by atoms with Crippen LogP contribution in [-0.2, 0) is 4.79 Å². The Balaban J connectivity index is 2.81. The molecular formula is C14H19BrN2O2. The quantitative estimate of drug-likeness (QED) is 0.789. The van der Waals surface area contributed by atoms with Gasteiger partial charge in [0.05, 0.1) is 0 Å². The van der Waals surface area contributed by atoms with Gasteiger partial charge in [-0.15, -0.1) is 6.58 Å². The first-order valence-electron chi connectivity index (χ1n) is 6.06. The topological polar surface area (TPSA) is 64.3 Å². The Hall–Kier alpha value is -1.33. The number of hydrogen-bond acceptors (Lipinski definition) is 3. The highest BCUT2D eigenvalue weighted by atomic mass is 79.9. The second kappa shape index (κ2) is 7.31. The van der Waals surface area contributed by atoms with E-state index in [0.29, 0.717) is 12.3 Å². The molecule has 0 bridgehead atoms. The van der Waals surface area contributed by atoms with Crippen LogP contribution in [0.4, 0.5) is 0 Å². The van der Waals surface area contributed by atoms with Crippen molar-refractivity contribution < 1.29 is 9.53 Å². The molecule has 19 heavy (non-hydrogen) atoms. The Bertz CT molecular complexity index is 461. The van der Waals surface area contributed by atoms with Gasteiger partial charge in [-0.25, -0.2) is 0 Å². The van der Waals surface area contributed by atoms with Gasteiger partial charge in [0.2, 0.25) is 0 Å². The molecule has 0 aliphatic carbocycles. The number of hydrogen-bond donors (Lipinski definition) is 2. The lowest BCUT2D eigenvalue weighted by Gasteiger charge is -2.18. The minimum atomic E-state index is -0.585. The molecule has 1 amide bonds. The first kappa shape index (κ1) is 15.7. The zero-order chi connectivity index (χ0) is 14.4. The zero-order valence-corrected chi connectivity index (χ0v) is 12.7. The number of carbonyl (C=O) groups excluding carboxylic acids is 1. The largest absolute Gasteiger partial charge is 0.481 e. The highest BCUT2D eigenvalue weighted by Crippen LogP contribution is 2.28. The van der Waals surface area contributed by atoms with Gasteiger partial charge in [-0.2, -0.15) is 0 Å². The Labute approximate surface area is 122 Å². The number of rotatable bonds is 6. The van der Waals surface area contributed by atoms with Crippen molar-refractivity contribution in [1.29, 1.82) is 0 Å². The number of halogens is 1. The summed E-state index contributed by atoms with van der Waals surface area (Å²) in [7, 11) is 0. The first-order valence-corrected chi connectivity index (χ1v) is 6.85. The van der Waals surface area contributed by atoms with Gasteiger partial charge < -0.3 is 15.8 Å². The van der Waals surface area contributed by atoms with Crippen molar-refractivity contribution in [2.45, 2.75) is 26.0 Å². The predicted molar refractivity (Wildman–Crippen MR) is 80.0 cm³/mol. The Morgan fingerprint density at radius 1 is 1.58 bits per heavy atom. The molecule has 1 rings (SSSR count). The van der Waals surface area contributed by atoms with Crippen LogP contribution in [-0.4, -0.2) is 18.6 Å². The Morgan fingerprint density at radius 3 is 2.84 bits per heavy atom. The van der Waals surface area contributed by atoms with Crippen LogP contribution < -0.4 is 15.8 Å². The lowest BCUT2D eigenvalue weighted by Crippen LogP contribution is -2.36. The van der Waals surface area contributed by atoms with Gasteiger partial charge in [-0.3, -0.25) is 4.79 Å². The Morgan fingerprint density at radius 2 is 2.26 bits per heavy atom. The van der Waals surface area contributed by atoms with Crippen LogP contribution in [0.5, 0.6) is 5.75 Å². The fraction of sp³-hybridized carbons (Fsp3) is 0.357. The molecule has 0 heterocycles. The molecule has 4 nitrogen and oxygen atoms in total. The summed E-state index contributed by atoms with van der Waals surface area (Å²) >= 11 is 3.39. The molecular weight excluding hydrogens is 308 g/mol. The number of benzene rings is 1. The minimum absolute atomic E-state index is 0.170. The van der Waals surface area contributed by atoms with Gasteiger partial charge in [0.25, 0.3) is 5.91 Å². The highest BCUT2D eigenvalue weighted by molar-refractivity contribution is 9.10. The third kappa shape index (κ3) is 4.69. The van der Waals surface area contributed by atoms with E-state index in [1.807, 2.05) is 19.1 Å². The molecule has 1 aromatic rings. The van der Waals surface area contributed by atoms with Gasteiger partial charge in [-0.05, 0) is 32.0 Å². The van der Waals surface area contributed by atoms with Gasteiger partial charge in [0.1, 0.15) is 5.75 Å². The SMILES string of the molecule is C=CCNC(=O)C(C)Oc1ccc(Br)cc1[C@@H](C)N. The molecule has 0 fully saturated rings. The van der Waals surface area contributed by atoms with Crippen molar-refractivity contribution in [2.24, 2.45) is 5.73 Å². The molecule has 0 saturated heterocycles. The zero-order valence-electron chi connectivity index (χ0n) is 11.2. The van der Waals surface area contributed by atoms with Crippen LogP contribution in [0.25, 0.3) is 0 Å². The molecule has 1 unspecified atom stereocenters. The summed E-state index contributed by atoms with van der Waals surface area (Å²) in [5.74, 6) is 0.442. The van der Waals surface area contributed by atoms with Crippen molar-refractivity contribution in [1.82, 2.24) is 5.32 Å². The molecule has 0 spiro atoms. The summed E-state index contributed by atoms with van der Waals surface area (Å²) in [6, 6.07) is 5.39. The Kier molecular flexibility index (Phi) is 6.05. The van der Waals surface area contributed by atoms with Gasteiger partial charge >= 0.3 is 0 Å². The van der Waals surface area contributed by atoms with E-state index in [1.54, 1.807) is 19.1 Å². The number of carbonyl (C=O) groups is 1. The van der Waals surface area contributed by atoms with Crippen LogP contribution in [0.2, 0.25) is 0 Å². The summed E-state index contributed by atoms with van der Waals surface area (Å²) in [5, 5.41) is 2.69. The predicted octanol–water partition coefficient (Wildman–Crippen LogP) is 2.54. The highest BCUT2D eigenvalue weighted by Gasteiger charge is 2.17. The van der Waals surface area contributed by atoms with Gasteiger partial charge in [-0.1, -0.05) is 22.0 Å². The van der Waals surface area contributed by atoms with Crippen molar-refractivity contribution in [3.8, 4) is 5.75 Å². The third-order valence-electron chi connectivity index (χ3n) is 2.56. The first-order chi connectivity index (χ1) is 8.95. The molecule has 3 N–H and O–H groups in total. The summed E-state index contributed by atoms with van der Waals surface area (Å²) in [5.41, 5.74) is 6.76. The van der Waals surface area contributed by atoms with Crippen LogP contribution in [0, 0.1) is 0 Å². The molecule has 104 valence electrons. The van der Waals surface area contributed by atoms with Crippen LogP contribution in [0.15, 0.2) is 35.3 Å². The minimum Gasteiger partial charge on any atom is -0.481 e. The summed E-state index contributed by atoms with van der Waals surface area (Å²) < 4.78 is 6.60. The number of amides is 1. The lowest BCUT2D eigenvalue weighted by molar-refractivity contribution is -0.127. The van der Waals surface area contributed by atoms with E-state index in [0.717, 1.165) is 10.0 Å². The molecule has 0 saturated carbocycles. The molecule has 0 aliphatic heterocycles. The number of ether oxygens (including phenoxy) is 1. The maximum absolute atomic E-state index is 11.7. The fourth-order valence-corrected chi connectivity index (χ4v) is 1.92. The van der Waals surface area contributed by atoms with Crippen LogP contribution in [0.1, 0.15) is 25.5 Å². The van der Waals surface area contributed by atoms with E-state index in [1.165, 1.54) is 0 Å². The molecule has 0 radical (unpaired) electrons. The van der Waals surface area contributed by atoms with E-state index in [-0.39, 0.29) is 11.9 Å². The number of nitrogens with two attached hydrogens (primary N) is 1. The molecule has 5 heteroatoms. The average molecular weight is 327 g/mol.